The van der Waals surface area contributed by atoms with E-state index in [1.165, 1.54) is 38.5 Å². The Kier molecular flexibility index (Phi) is 4.14. The van der Waals surface area contributed by atoms with Crippen LogP contribution in [0, 0.1) is 0 Å². The Balaban J connectivity index is 1.40. The number of benzene rings is 1. The van der Waals surface area contributed by atoms with E-state index in [1.807, 2.05) is 0 Å². The van der Waals surface area contributed by atoms with Crippen molar-refractivity contribution in [2.45, 2.75) is 82.3 Å². The number of nitrogens with one attached hydrogen (secondary N) is 2. The van der Waals surface area contributed by atoms with Gasteiger partial charge in [-0.05, 0) is 74.0 Å². The third-order valence-corrected chi connectivity index (χ3v) is 6.10. The molecule has 3 nitrogen and oxygen atoms in total. The van der Waals surface area contributed by atoms with E-state index in [2.05, 4.69) is 28.8 Å². The maximum absolute atomic E-state index is 11.2. The van der Waals surface area contributed by atoms with Gasteiger partial charge in [0.2, 0.25) is 5.91 Å². The third-order valence-electron chi connectivity index (χ3n) is 6.10. The smallest absolute Gasteiger partial charge is 0.217 e. The first-order chi connectivity index (χ1) is 11.2. The van der Waals surface area contributed by atoms with Gasteiger partial charge in [0.1, 0.15) is 0 Å². The zero-order valence-electron chi connectivity index (χ0n) is 14.1. The van der Waals surface area contributed by atoms with Crippen LogP contribution in [0.4, 0.5) is 0 Å². The van der Waals surface area contributed by atoms with E-state index in [-0.39, 0.29) is 5.91 Å². The van der Waals surface area contributed by atoms with Crippen molar-refractivity contribution in [3.63, 3.8) is 0 Å². The number of hydrogen-bond donors (Lipinski definition) is 2. The molecule has 1 aromatic rings. The van der Waals surface area contributed by atoms with E-state index in [0.717, 1.165) is 18.8 Å². The molecule has 23 heavy (non-hydrogen) atoms. The van der Waals surface area contributed by atoms with Crippen LogP contribution in [0.15, 0.2) is 18.2 Å². The summed E-state index contributed by atoms with van der Waals surface area (Å²) in [6.45, 7) is 1.62. The van der Waals surface area contributed by atoms with E-state index in [9.17, 15) is 4.79 Å². The Hall–Kier alpha value is -1.35. The molecule has 2 atom stereocenters. The molecule has 0 bridgehead atoms. The van der Waals surface area contributed by atoms with Crippen LogP contribution in [-0.2, 0) is 11.2 Å². The number of carbonyl (C=O) groups excluding carboxylic acids is 1. The van der Waals surface area contributed by atoms with E-state index in [1.54, 1.807) is 23.6 Å². The molecule has 1 saturated carbocycles. The van der Waals surface area contributed by atoms with E-state index >= 15 is 0 Å². The SMILES string of the molecule is CC(=O)NC1CCC(N[C@@H]2C[C@H]3CCCc4cccc2c43)CC1. The van der Waals surface area contributed by atoms with Gasteiger partial charge in [-0.2, -0.15) is 0 Å². The normalized spacial score (nSPS) is 32.4. The highest BCUT2D eigenvalue weighted by Crippen LogP contribution is 2.47. The molecule has 4 rings (SSSR count). The number of amides is 1. The van der Waals surface area contributed by atoms with E-state index in [4.69, 9.17) is 0 Å². The van der Waals surface area contributed by atoms with Crippen LogP contribution in [-0.4, -0.2) is 18.0 Å². The quantitative estimate of drug-likeness (QED) is 0.895. The van der Waals surface area contributed by atoms with Crippen molar-refractivity contribution in [1.29, 1.82) is 0 Å². The molecule has 0 unspecified atom stereocenters. The molecule has 1 amide bonds. The Bertz CT molecular complexity index is 589. The summed E-state index contributed by atoms with van der Waals surface area (Å²) in [5.74, 6) is 0.906. The number of carbonyl (C=O) groups is 1. The molecule has 0 aromatic heterocycles. The van der Waals surface area contributed by atoms with Gasteiger partial charge in [-0.1, -0.05) is 18.2 Å². The highest BCUT2D eigenvalue weighted by Gasteiger charge is 2.35. The molecule has 1 aromatic carbocycles. The summed E-state index contributed by atoms with van der Waals surface area (Å²) in [4.78, 5) is 11.2. The summed E-state index contributed by atoms with van der Waals surface area (Å²) in [7, 11) is 0. The Morgan fingerprint density at radius 2 is 1.87 bits per heavy atom. The Morgan fingerprint density at radius 1 is 1.09 bits per heavy atom. The van der Waals surface area contributed by atoms with Crippen LogP contribution < -0.4 is 10.6 Å². The van der Waals surface area contributed by atoms with Crippen LogP contribution in [0.3, 0.4) is 0 Å². The highest BCUT2D eigenvalue weighted by atomic mass is 16.1. The molecule has 1 fully saturated rings. The van der Waals surface area contributed by atoms with Gasteiger partial charge in [0.25, 0.3) is 0 Å². The molecule has 3 aliphatic rings. The predicted octanol–water partition coefficient (Wildman–Crippen LogP) is 3.59. The minimum atomic E-state index is 0.111. The van der Waals surface area contributed by atoms with Gasteiger partial charge in [-0.25, -0.2) is 0 Å². The maximum Gasteiger partial charge on any atom is 0.217 e. The molecule has 0 aliphatic heterocycles. The molecular formula is C20H28N2O. The van der Waals surface area contributed by atoms with Gasteiger partial charge in [-0.3, -0.25) is 4.79 Å². The minimum Gasteiger partial charge on any atom is -0.354 e. The zero-order chi connectivity index (χ0) is 15.8. The maximum atomic E-state index is 11.2. The fourth-order valence-electron chi connectivity index (χ4n) is 5.12. The molecular weight excluding hydrogens is 284 g/mol. The van der Waals surface area contributed by atoms with Gasteiger partial charge in [0.15, 0.2) is 0 Å². The lowest BCUT2D eigenvalue weighted by atomic mass is 9.84. The zero-order valence-corrected chi connectivity index (χ0v) is 14.1. The molecule has 3 aliphatic carbocycles. The molecule has 124 valence electrons. The molecule has 3 heteroatoms. The Labute approximate surface area is 139 Å². The van der Waals surface area contributed by atoms with Crippen LogP contribution in [0.25, 0.3) is 0 Å². The van der Waals surface area contributed by atoms with Crippen molar-refractivity contribution in [3.8, 4) is 0 Å². The third kappa shape index (κ3) is 3.03. The standard InChI is InChI=1S/C20H28N2O/c1-13(23)21-16-8-10-17(11-9-16)22-19-12-15-6-2-4-14-5-3-7-18(19)20(14)15/h3,5,7,15-17,19,22H,2,4,6,8-12H2,1H3,(H,21,23)/t15-,16?,17?,19-/m1/s1. The van der Waals surface area contributed by atoms with Gasteiger partial charge in [0, 0.05) is 25.0 Å². The average Bonchev–Trinajstić information content (AvgIpc) is 2.89. The largest absolute Gasteiger partial charge is 0.354 e. The van der Waals surface area contributed by atoms with Gasteiger partial charge in [0.05, 0.1) is 0 Å². The topological polar surface area (TPSA) is 41.1 Å². The van der Waals surface area contributed by atoms with Crippen LogP contribution in [0.5, 0.6) is 0 Å². The first-order valence-corrected chi connectivity index (χ1v) is 9.35. The second-order valence-electron chi connectivity index (χ2n) is 7.71. The lowest BCUT2D eigenvalue weighted by Gasteiger charge is -2.31. The summed E-state index contributed by atoms with van der Waals surface area (Å²) in [6.07, 6.45) is 9.88. The average molecular weight is 312 g/mol. The lowest BCUT2D eigenvalue weighted by Crippen LogP contribution is -2.42. The lowest BCUT2D eigenvalue weighted by molar-refractivity contribution is -0.119. The van der Waals surface area contributed by atoms with Crippen molar-refractivity contribution < 1.29 is 4.79 Å². The van der Waals surface area contributed by atoms with Crippen LogP contribution >= 0.6 is 0 Å². The highest BCUT2D eigenvalue weighted by molar-refractivity contribution is 5.73. The predicted molar refractivity (Wildman–Crippen MR) is 92.5 cm³/mol. The van der Waals surface area contributed by atoms with Gasteiger partial charge >= 0.3 is 0 Å². The summed E-state index contributed by atoms with van der Waals surface area (Å²) in [6, 6.07) is 8.50. The number of hydrogen-bond acceptors (Lipinski definition) is 2. The molecule has 0 radical (unpaired) electrons. The minimum absolute atomic E-state index is 0.111. The summed E-state index contributed by atoms with van der Waals surface area (Å²) in [5, 5.41) is 7.03. The number of aryl methyl sites for hydroxylation is 1. The van der Waals surface area contributed by atoms with Crippen molar-refractivity contribution in [2.24, 2.45) is 0 Å². The molecule has 2 N–H and O–H groups in total. The van der Waals surface area contributed by atoms with E-state index in [0.29, 0.717) is 18.1 Å². The van der Waals surface area contributed by atoms with Crippen LogP contribution in [0.2, 0.25) is 0 Å². The fourth-order valence-corrected chi connectivity index (χ4v) is 5.12. The second-order valence-corrected chi connectivity index (χ2v) is 7.71. The monoisotopic (exact) mass is 312 g/mol. The van der Waals surface area contributed by atoms with Gasteiger partial charge < -0.3 is 10.6 Å². The molecule has 0 heterocycles. The van der Waals surface area contributed by atoms with Crippen molar-refractivity contribution in [2.75, 3.05) is 0 Å². The van der Waals surface area contributed by atoms with Crippen molar-refractivity contribution in [1.82, 2.24) is 10.6 Å². The molecule has 0 saturated heterocycles. The van der Waals surface area contributed by atoms with Crippen LogP contribution in [0.1, 0.15) is 80.5 Å². The Morgan fingerprint density at radius 3 is 2.65 bits per heavy atom. The van der Waals surface area contributed by atoms with Gasteiger partial charge in [-0.15, -0.1) is 0 Å². The number of rotatable bonds is 3. The van der Waals surface area contributed by atoms with Crippen molar-refractivity contribution in [3.05, 3.63) is 34.9 Å². The first-order valence-electron chi connectivity index (χ1n) is 9.35. The second kappa shape index (κ2) is 6.27. The molecule has 0 spiro atoms. The first kappa shape index (κ1) is 15.2. The summed E-state index contributed by atoms with van der Waals surface area (Å²) < 4.78 is 0. The van der Waals surface area contributed by atoms with E-state index < -0.39 is 0 Å². The fraction of sp³-hybridized carbons (Fsp3) is 0.650. The van der Waals surface area contributed by atoms with Crippen molar-refractivity contribution >= 4 is 5.91 Å². The summed E-state index contributed by atoms with van der Waals surface area (Å²) >= 11 is 0. The summed E-state index contributed by atoms with van der Waals surface area (Å²) in [5.41, 5.74) is 4.87.